The van der Waals surface area contributed by atoms with Gasteiger partial charge in [0.2, 0.25) is 0 Å². The molecule has 0 aliphatic heterocycles. The van der Waals surface area contributed by atoms with Crippen molar-refractivity contribution in [3.05, 3.63) is 58.7 Å². The van der Waals surface area contributed by atoms with E-state index in [1.807, 2.05) is 24.3 Å². The molecule has 4 nitrogen and oxygen atoms in total. The van der Waals surface area contributed by atoms with E-state index in [0.717, 1.165) is 30.4 Å². The number of benzene rings is 2. The normalized spacial score (nSPS) is 13.3. The Kier molecular flexibility index (Phi) is 14.3. The molecule has 2 aromatic rings. The number of hydrogen-bond donors (Lipinski definition) is 0. The Morgan fingerprint density at radius 1 is 0.511 bits per heavy atom. The summed E-state index contributed by atoms with van der Waals surface area (Å²) in [5.74, 6) is 1.12. The van der Waals surface area contributed by atoms with Crippen molar-refractivity contribution in [2.45, 2.75) is 176 Å². The van der Waals surface area contributed by atoms with Crippen LogP contribution in [0.2, 0.25) is 0 Å². The Labute approximate surface area is 278 Å². The third-order valence-corrected chi connectivity index (χ3v) is 9.68. The zero-order valence-corrected chi connectivity index (χ0v) is 32.2. The molecule has 0 spiro atoms. The van der Waals surface area contributed by atoms with E-state index in [4.69, 9.17) is 13.6 Å². The highest BCUT2D eigenvalue weighted by Gasteiger charge is 2.38. The topological polar surface area (TPSA) is 44.8 Å². The Balaban J connectivity index is 2.41. The van der Waals surface area contributed by atoms with E-state index >= 15 is 0 Å². The van der Waals surface area contributed by atoms with Gasteiger partial charge in [-0.3, -0.25) is 4.52 Å². The summed E-state index contributed by atoms with van der Waals surface area (Å²) in [5.41, 5.74) is 3.66. The van der Waals surface area contributed by atoms with Crippen LogP contribution in [0.1, 0.15) is 176 Å². The van der Waals surface area contributed by atoms with E-state index in [9.17, 15) is 4.57 Å². The number of phosphoric ester groups is 1. The second-order valence-corrected chi connectivity index (χ2v) is 18.5. The first-order valence-corrected chi connectivity index (χ1v) is 19.1. The molecular formula is C40H67O4P. The Bertz CT molecular complexity index is 1150. The van der Waals surface area contributed by atoms with E-state index in [1.54, 1.807) is 0 Å². The van der Waals surface area contributed by atoms with Gasteiger partial charge in [-0.15, -0.1) is 0 Å². The average molecular weight is 643 g/mol. The van der Waals surface area contributed by atoms with Crippen LogP contribution in [-0.2, 0) is 30.7 Å². The fraction of sp³-hybridized carbons (Fsp3) is 0.700. The molecule has 0 saturated carbocycles. The lowest BCUT2D eigenvalue weighted by atomic mass is 9.75. The van der Waals surface area contributed by atoms with Gasteiger partial charge in [0.05, 0.1) is 6.61 Å². The van der Waals surface area contributed by atoms with Gasteiger partial charge in [-0.2, -0.15) is 0 Å². The van der Waals surface area contributed by atoms with Gasteiger partial charge in [0.25, 0.3) is 0 Å². The molecule has 0 aliphatic rings. The number of rotatable bonds is 16. The molecule has 0 amide bonds. The highest BCUT2D eigenvalue weighted by molar-refractivity contribution is 7.49. The molecule has 0 bridgehead atoms. The monoisotopic (exact) mass is 642 g/mol. The van der Waals surface area contributed by atoms with Crippen molar-refractivity contribution in [3.63, 3.8) is 0 Å². The van der Waals surface area contributed by atoms with E-state index in [0.29, 0.717) is 18.1 Å². The minimum Gasteiger partial charge on any atom is -0.395 e. The second kappa shape index (κ2) is 16.4. The van der Waals surface area contributed by atoms with Crippen LogP contribution in [0.3, 0.4) is 0 Å². The van der Waals surface area contributed by atoms with E-state index in [-0.39, 0.29) is 21.7 Å². The van der Waals surface area contributed by atoms with E-state index in [2.05, 4.69) is 102 Å². The fourth-order valence-corrected chi connectivity index (χ4v) is 7.37. The summed E-state index contributed by atoms with van der Waals surface area (Å²) in [7, 11) is -4.08. The first kappa shape index (κ1) is 39.4. The molecule has 256 valence electrons. The molecule has 2 rings (SSSR count). The number of hydrogen-bond acceptors (Lipinski definition) is 4. The van der Waals surface area contributed by atoms with Crippen molar-refractivity contribution in [2.24, 2.45) is 0 Å². The third kappa shape index (κ3) is 12.4. The standard InChI is InChI=1S/C40H67O4P/c1-14-15-16-17-18-19-20-21-22-23-30-42-45(41,43-33-28-24-26-31(37(2,3)4)35(33)39(8,9)10)44-34-29-25-27-32(38(5,6)7)36(34)40(11,12)13/h24-29H,14-23,30H2,1-13H3. The van der Waals surface area contributed by atoms with Crippen LogP contribution in [0.15, 0.2) is 36.4 Å². The van der Waals surface area contributed by atoms with Gasteiger partial charge in [0, 0.05) is 11.1 Å². The fourth-order valence-electron chi connectivity index (χ4n) is 6.09. The maximum atomic E-state index is 14.8. The summed E-state index contributed by atoms with van der Waals surface area (Å²) >= 11 is 0. The van der Waals surface area contributed by atoms with Crippen LogP contribution in [0, 0.1) is 0 Å². The minimum atomic E-state index is -4.08. The molecule has 0 aliphatic carbocycles. The number of phosphoric acid groups is 1. The predicted octanol–water partition coefficient (Wildman–Crippen LogP) is 13.4. The van der Waals surface area contributed by atoms with Gasteiger partial charge < -0.3 is 9.05 Å². The van der Waals surface area contributed by atoms with Gasteiger partial charge in [-0.25, -0.2) is 4.57 Å². The molecule has 0 fully saturated rings. The zero-order chi connectivity index (χ0) is 34.1. The van der Waals surface area contributed by atoms with Crippen molar-refractivity contribution in [3.8, 4) is 11.5 Å². The first-order valence-electron chi connectivity index (χ1n) is 17.6. The van der Waals surface area contributed by atoms with Crippen molar-refractivity contribution in [1.82, 2.24) is 0 Å². The smallest absolute Gasteiger partial charge is 0.395 e. The van der Waals surface area contributed by atoms with Gasteiger partial charge >= 0.3 is 7.82 Å². The minimum absolute atomic E-state index is 0.121. The van der Waals surface area contributed by atoms with E-state index in [1.165, 1.54) is 56.1 Å². The average Bonchev–Trinajstić information content (AvgIpc) is 2.89. The summed E-state index contributed by atoms with van der Waals surface area (Å²) in [6.07, 6.45) is 12.2. The molecule has 0 unspecified atom stereocenters. The Morgan fingerprint density at radius 3 is 1.20 bits per heavy atom. The molecule has 0 N–H and O–H groups in total. The van der Waals surface area contributed by atoms with E-state index < -0.39 is 7.82 Å². The van der Waals surface area contributed by atoms with Crippen LogP contribution in [0.5, 0.6) is 11.5 Å². The first-order chi connectivity index (χ1) is 20.7. The van der Waals surface area contributed by atoms with Crippen LogP contribution in [0.4, 0.5) is 0 Å². The second-order valence-electron chi connectivity index (χ2n) is 17.0. The lowest BCUT2D eigenvalue weighted by Crippen LogP contribution is -2.24. The summed E-state index contributed by atoms with van der Waals surface area (Å²) in [4.78, 5) is 0. The maximum absolute atomic E-state index is 14.8. The molecular weight excluding hydrogens is 575 g/mol. The number of unbranched alkanes of at least 4 members (excludes halogenated alkanes) is 9. The summed E-state index contributed by atoms with van der Waals surface area (Å²) in [5, 5.41) is 0. The molecule has 2 aromatic carbocycles. The van der Waals surface area contributed by atoms with Crippen molar-refractivity contribution >= 4 is 7.82 Å². The molecule has 0 aromatic heterocycles. The van der Waals surface area contributed by atoms with Crippen molar-refractivity contribution < 1.29 is 18.1 Å². The van der Waals surface area contributed by atoms with Crippen LogP contribution in [0.25, 0.3) is 0 Å². The lowest BCUT2D eigenvalue weighted by Gasteiger charge is -2.34. The highest BCUT2D eigenvalue weighted by atomic mass is 31.2. The lowest BCUT2D eigenvalue weighted by molar-refractivity contribution is 0.203. The molecule has 45 heavy (non-hydrogen) atoms. The molecule has 0 radical (unpaired) electrons. The summed E-state index contributed by atoms with van der Waals surface area (Å²) in [6, 6.07) is 12.1. The molecule has 0 saturated heterocycles. The van der Waals surface area contributed by atoms with Gasteiger partial charge in [0.1, 0.15) is 11.5 Å². The molecule has 0 heterocycles. The van der Waals surface area contributed by atoms with Gasteiger partial charge in [-0.1, -0.05) is 172 Å². The van der Waals surface area contributed by atoms with Crippen LogP contribution in [-0.4, -0.2) is 6.61 Å². The van der Waals surface area contributed by atoms with Gasteiger partial charge in [0.15, 0.2) is 0 Å². The summed E-state index contributed by atoms with van der Waals surface area (Å²) < 4.78 is 34.0. The Hall–Kier alpha value is -1.77. The molecule has 0 atom stereocenters. The zero-order valence-electron chi connectivity index (χ0n) is 31.3. The van der Waals surface area contributed by atoms with Crippen molar-refractivity contribution in [2.75, 3.05) is 6.61 Å². The van der Waals surface area contributed by atoms with Crippen molar-refractivity contribution in [1.29, 1.82) is 0 Å². The third-order valence-electron chi connectivity index (χ3n) is 8.34. The van der Waals surface area contributed by atoms with Crippen LogP contribution < -0.4 is 9.05 Å². The SMILES string of the molecule is CCCCCCCCCCCCOP(=O)(Oc1cccc(C(C)(C)C)c1C(C)(C)C)Oc1cccc(C(C)(C)C)c1C(C)(C)C. The maximum Gasteiger partial charge on any atom is 0.587 e. The Morgan fingerprint density at radius 2 is 0.867 bits per heavy atom. The highest BCUT2D eigenvalue weighted by Crippen LogP contribution is 2.55. The predicted molar refractivity (Wildman–Crippen MR) is 194 cm³/mol. The van der Waals surface area contributed by atoms with Crippen LogP contribution >= 0.6 is 7.82 Å². The molecule has 5 heteroatoms. The largest absolute Gasteiger partial charge is 0.587 e. The summed E-state index contributed by atoms with van der Waals surface area (Å²) in [6.45, 7) is 28.8. The quantitative estimate of drug-likeness (QED) is 0.135. The van der Waals surface area contributed by atoms with Gasteiger partial charge in [-0.05, 0) is 51.3 Å².